The van der Waals surface area contributed by atoms with E-state index >= 15 is 0 Å². The number of urea groups is 1. The summed E-state index contributed by atoms with van der Waals surface area (Å²) in [5.41, 5.74) is 1.27. The van der Waals surface area contributed by atoms with Gasteiger partial charge in [-0.25, -0.2) is 9.18 Å². The standard InChI is InChI=1S/C14H15Cl2FN4O/c1-8(10-5-13(17)12(16)6-11(10)15)19-14(22)21(2)7-9-3-4-18-20-9/h3-6,8H,7H2,1-2H3,(H,18,20)(H,19,22)/t8-/m0/s1. The second-order valence-corrected chi connectivity index (χ2v) is 5.71. The van der Waals surface area contributed by atoms with Crippen molar-refractivity contribution in [3.8, 4) is 0 Å². The van der Waals surface area contributed by atoms with Crippen molar-refractivity contribution < 1.29 is 9.18 Å². The van der Waals surface area contributed by atoms with Crippen molar-refractivity contribution in [3.05, 3.63) is 51.5 Å². The van der Waals surface area contributed by atoms with Gasteiger partial charge in [0.1, 0.15) is 5.82 Å². The first kappa shape index (κ1) is 16.6. The average molecular weight is 345 g/mol. The molecule has 2 aromatic rings. The fourth-order valence-electron chi connectivity index (χ4n) is 1.94. The number of hydrogen-bond donors (Lipinski definition) is 2. The van der Waals surface area contributed by atoms with E-state index < -0.39 is 11.9 Å². The van der Waals surface area contributed by atoms with Crippen LogP contribution in [0.2, 0.25) is 10.0 Å². The molecule has 0 aliphatic rings. The van der Waals surface area contributed by atoms with Crippen molar-refractivity contribution in [2.45, 2.75) is 19.5 Å². The van der Waals surface area contributed by atoms with Crippen LogP contribution in [0.3, 0.4) is 0 Å². The van der Waals surface area contributed by atoms with Crippen LogP contribution in [0, 0.1) is 5.82 Å². The van der Waals surface area contributed by atoms with E-state index in [2.05, 4.69) is 15.5 Å². The van der Waals surface area contributed by atoms with Crippen molar-refractivity contribution in [1.29, 1.82) is 0 Å². The van der Waals surface area contributed by atoms with Crippen LogP contribution in [-0.4, -0.2) is 28.2 Å². The molecule has 8 heteroatoms. The fraction of sp³-hybridized carbons (Fsp3) is 0.286. The van der Waals surface area contributed by atoms with Gasteiger partial charge in [0.25, 0.3) is 0 Å². The van der Waals surface area contributed by atoms with E-state index in [-0.39, 0.29) is 11.1 Å². The van der Waals surface area contributed by atoms with Crippen LogP contribution in [0.4, 0.5) is 9.18 Å². The number of carbonyl (C=O) groups excluding carboxylic acids is 1. The minimum Gasteiger partial charge on any atom is -0.331 e. The van der Waals surface area contributed by atoms with Crippen LogP contribution in [0.5, 0.6) is 0 Å². The smallest absolute Gasteiger partial charge is 0.317 e. The van der Waals surface area contributed by atoms with E-state index in [9.17, 15) is 9.18 Å². The summed E-state index contributed by atoms with van der Waals surface area (Å²) >= 11 is 11.7. The normalized spacial score (nSPS) is 12.0. The Morgan fingerprint density at radius 1 is 1.45 bits per heavy atom. The molecule has 0 bridgehead atoms. The predicted molar refractivity (Wildman–Crippen MR) is 83.4 cm³/mol. The number of hydrogen-bond acceptors (Lipinski definition) is 2. The number of nitrogens with zero attached hydrogens (tertiary/aromatic N) is 2. The molecule has 0 aliphatic heterocycles. The first-order valence-electron chi connectivity index (χ1n) is 6.52. The maximum absolute atomic E-state index is 13.5. The molecule has 0 unspecified atom stereocenters. The molecule has 2 amide bonds. The highest BCUT2D eigenvalue weighted by Crippen LogP contribution is 2.28. The van der Waals surface area contributed by atoms with Gasteiger partial charge in [-0.1, -0.05) is 23.2 Å². The quantitative estimate of drug-likeness (QED) is 0.829. The van der Waals surface area contributed by atoms with Gasteiger partial charge >= 0.3 is 6.03 Å². The first-order valence-corrected chi connectivity index (χ1v) is 7.28. The summed E-state index contributed by atoms with van der Waals surface area (Å²) in [4.78, 5) is 13.6. The topological polar surface area (TPSA) is 61.0 Å². The number of aromatic amines is 1. The van der Waals surface area contributed by atoms with Crippen LogP contribution in [0.25, 0.3) is 0 Å². The van der Waals surface area contributed by atoms with Crippen LogP contribution < -0.4 is 5.32 Å². The summed E-state index contributed by atoms with van der Waals surface area (Å²) in [6.45, 7) is 2.10. The molecule has 1 aromatic carbocycles. The Labute approximate surface area is 137 Å². The second kappa shape index (κ2) is 6.98. The highest BCUT2D eigenvalue weighted by molar-refractivity contribution is 6.35. The molecule has 0 radical (unpaired) electrons. The zero-order valence-corrected chi connectivity index (χ0v) is 13.5. The third-order valence-corrected chi connectivity index (χ3v) is 3.78. The lowest BCUT2D eigenvalue weighted by Gasteiger charge is -2.22. The van der Waals surface area contributed by atoms with E-state index in [1.165, 1.54) is 17.0 Å². The van der Waals surface area contributed by atoms with Gasteiger partial charge in [-0.15, -0.1) is 0 Å². The minimum absolute atomic E-state index is 0.0522. The lowest BCUT2D eigenvalue weighted by molar-refractivity contribution is 0.203. The minimum atomic E-state index is -0.576. The summed E-state index contributed by atoms with van der Waals surface area (Å²) in [7, 11) is 1.65. The monoisotopic (exact) mass is 344 g/mol. The Kier molecular flexibility index (Phi) is 5.26. The lowest BCUT2D eigenvalue weighted by atomic mass is 10.1. The summed E-state index contributed by atoms with van der Waals surface area (Å²) in [5, 5.41) is 9.59. The van der Waals surface area contributed by atoms with Gasteiger partial charge in [-0.05, 0) is 30.7 Å². The Morgan fingerprint density at radius 3 is 2.82 bits per heavy atom. The molecule has 0 saturated carbocycles. The van der Waals surface area contributed by atoms with Gasteiger partial charge < -0.3 is 10.2 Å². The van der Waals surface area contributed by atoms with E-state index in [1.54, 1.807) is 26.2 Å². The highest BCUT2D eigenvalue weighted by atomic mass is 35.5. The number of rotatable bonds is 4. The highest BCUT2D eigenvalue weighted by Gasteiger charge is 2.17. The number of H-pyrrole nitrogens is 1. The third-order valence-electron chi connectivity index (χ3n) is 3.16. The summed E-state index contributed by atoms with van der Waals surface area (Å²) in [6.07, 6.45) is 1.61. The zero-order chi connectivity index (χ0) is 16.3. The van der Waals surface area contributed by atoms with Gasteiger partial charge in [0.2, 0.25) is 0 Å². The molecule has 0 saturated heterocycles. The van der Waals surface area contributed by atoms with Gasteiger partial charge in [0.15, 0.2) is 0 Å². The zero-order valence-electron chi connectivity index (χ0n) is 12.0. The Balaban J connectivity index is 2.03. The third kappa shape index (κ3) is 3.90. The number of nitrogens with one attached hydrogen (secondary N) is 2. The van der Waals surface area contributed by atoms with Crippen molar-refractivity contribution in [2.24, 2.45) is 0 Å². The van der Waals surface area contributed by atoms with Gasteiger partial charge in [-0.2, -0.15) is 5.10 Å². The fourth-order valence-corrected chi connectivity index (χ4v) is 2.49. The maximum Gasteiger partial charge on any atom is 0.317 e. The van der Waals surface area contributed by atoms with Crippen LogP contribution >= 0.6 is 23.2 Å². The molecule has 1 atom stereocenters. The largest absolute Gasteiger partial charge is 0.331 e. The number of halogens is 3. The molecule has 0 aliphatic carbocycles. The molecule has 5 nitrogen and oxygen atoms in total. The summed E-state index contributed by atoms with van der Waals surface area (Å²) < 4.78 is 13.5. The van der Waals surface area contributed by atoms with E-state index in [4.69, 9.17) is 23.2 Å². The van der Waals surface area contributed by atoms with Crippen molar-refractivity contribution in [3.63, 3.8) is 0 Å². The number of benzene rings is 1. The molecule has 1 heterocycles. The van der Waals surface area contributed by atoms with Crippen LogP contribution in [-0.2, 0) is 6.54 Å². The molecular weight excluding hydrogens is 330 g/mol. The molecule has 0 fully saturated rings. The Hall–Kier alpha value is -1.79. The number of amides is 2. The molecule has 118 valence electrons. The molecule has 2 rings (SSSR count). The number of aromatic nitrogens is 2. The van der Waals surface area contributed by atoms with Crippen LogP contribution in [0.15, 0.2) is 24.4 Å². The van der Waals surface area contributed by atoms with E-state index in [1.807, 2.05) is 0 Å². The SMILES string of the molecule is C[C@H](NC(=O)N(C)Cc1ccn[nH]1)c1cc(F)c(Cl)cc1Cl. The lowest BCUT2D eigenvalue weighted by Crippen LogP contribution is -2.38. The van der Waals surface area contributed by atoms with Crippen LogP contribution in [0.1, 0.15) is 24.2 Å². The predicted octanol–water partition coefficient (Wildman–Crippen LogP) is 3.76. The Bertz CT molecular complexity index is 663. The maximum atomic E-state index is 13.5. The van der Waals surface area contributed by atoms with Crippen molar-refractivity contribution in [2.75, 3.05) is 7.05 Å². The molecule has 2 N–H and O–H groups in total. The molecule has 0 spiro atoms. The summed E-state index contributed by atoms with van der Waals surface area (Å²) in [5.74, 6) is -0.576. The number of carbonyl (C=O) groups is 1. The Morgan fingerprint density at radius 2 is 2.18 bits per heavy atom. The van der Waals surface area contributed by atoms with Gasteiger partial charge in [-0.3, -0.25) is 5.10 Å². The van der Waals surface area contributed by atoms with E-state index in [0.29, 0.717) is 17.1 Å². The molecular formula is C14H15Cl2FN4O. The van der Waals surface area contributed by atoms with Crippen molar-refractivity contribution in [1.82, 2.24) is 20.4 Å². The first-order chi connectivity index (χ1) is 10.4. The van der Waals surface area contributed by atoms with Gasteiger partial charge in [0, 0.05) is 18.3 Å². The molecule has 22 heavy (non-hydrogen) atoms. The summed E-state index contributed by atoms with van der Waals surface area (Å²) in [6, 6.07) is 3.55. The average Bonchev–Trinajstić information content (AvgIpc) is 2.95. The molecule has 1 aromatic heterocycles. The van der Waals surface area contributed by atoms with Gasteiger partial charge in [0.05, 0.1) is 23.3 Å². The second-order valence-electron chi connectivity index (χ2n) is 4.90. The van der Waals surface area contributed by atoms with Crippen molar-refractivity contribution >= 4 is 29.2 Å². The van der Waals surface area contributed by atoms with E-state index in [0.717, 1.165) is 5.69 Å².